The zero-order valence-electron chi connectivity index (χ0n) is 14.0. The summed E-state index contributed by atoms with van der Waals surface area (Å²) >= 11 is 1.56. The molecule has 0 radical (unpaired) electrons. The molecule has 4 rings (SSSR count). The Kier molecular flexibility index (Phi) is 4.50. The number of fused-ring (bicyclic) bond motifs is 1. The molecule has 2 aromatic heterocycles. The van der Waals surface area contributed by atoms with E-state index in [-0.39, 0.29) is 11.7 Å². The van der Waals surface area contributed by atoms with Crippen molar-refractivity contribution in [1.29, 1.82) is 0 Å². The minimum atomic E-state index is 0.148. The highest BCUT2D eigenvalue weighted by Gasteiger charge is 2.21. The van der Waals surface area contributed by atoms with Crippen LogP contribution >= 0.6 is 11.3 Å². The number of hydrogen-bond donors (Lipinski definition) is 1. The maximum Gasteiger partial charge on any atom is 0.147 e. The van der Waals surface area contributed by atoms with Crippen LogP contribution in [0.4, 0.5) is 0 Å². The lowest BCUT2D eigenvalue weighted by Crippen LogP contribution is -2.32. The summed E-state index contributed by atoms with van der Waals surface area (Å²) in [6.45, 7) is 3.78. The number of carbonyl (C=O) groups is 1. The quantitative estimate of drug-likeness (QED) is 0.776. The van der Waals surface area contributed by atoms with E-state index >= 15 is 0 Å². The Labute approximate surface area is 149 Å². The molecule has 3 heterocycles. The van der Waals surface area contributed by atoms with E-state index in [1.165, 1.54) is 0 Å². The molecular formula is C18H19N5OS. The van der Waals surface area contributed by atoms with E-state index in [9.17, 15) is 4.79 Å². The van der Waals surface area contributed by atoms with Crippen molar-refractivity contribution in [2.24, 2.45) is 5.92 Å². The van der Waals surface area contributed by atoms with Gasteiger partial charge in [0.25, 0.3) is 0 Å². The van der Waals surface area contributed by atoms with Crippen LogP contribution in [-0.4, -0.2) is 39.3 Å². The molecule has 6 nitrogen and oxygen atoms in total. The number of piperidine rings is 1. The zero-order valence-corrected chi connectivity index (χ0v) is 14.8. The highest BCUT2D eigenvalue weighted by molar-refractivity contribution is 7.14. The van der Waals surface area contributed by atoms with Crippen LogP contribution in [0.1, 0.15) is 23.5 Å². The molecule has 1 aliphatic heterocycles. The molecule has 0 unspecified atom stereocenters. The maximum absolute atomic E-state index is 12.5. The van der Waals surface area contributed by atoms with Crippen molar-refractivity contribution in [3.8, 4) is 10.6 Å². The molecule has 1 saturated heterocycles. The van der Waals surface area contributed by atoms with Crippen LogP contribution < -0.4 is 5.32 Å². The summed E-state index contributed by atoms with van der Waals surface area (Å²) in [5, 5.41) is 22.9. The third kappa shape index (κ3) is 3.57. The summed E-state index contributed by atoms with van der Waals surface area (Å²) in [6, 6.07) is 7.94. The normalized spacial score (nSPS) is 15.6. The second kappa shape index (κ2) is 6.93. The van der Waals surface area contributed by atoms with Gasteiger partial charge in [0.05, 0.1) is 17.6 Å². The lowest BCUT2D eigenvalue weighted by atomic mass is 9.91. The highest BCUT2D eigenvalue weighted by Crippen LogP contribution is 2.26. The Morgan fingerprint density at radius 1 is 1.16 bits per heavy atom. The minimum absolute atomic E-state index is 0.148. The van der Waals surface area contributed by atoms with Gasteiger partial charge in [0.1, 0.15) is 15.8 Å². The predicted octanol–water partition coefficient (Wildman–Crippen LogP) is 2.57. The molecule has 0 aliphatic carbocycles. The van der Waals surface area contributed by atoms with Gasteiger partial charge in [-0.15, -0.1) is 10.2 Å². The summed E-state index contributed by atoms with van der Waals surface area (Å²) in [5.41, 5.74) is 2.58. The molecule has 0 saturated carbocycles. The number of rotatable bonds is 4. The number of aryl methyl sites for hydroxylation is 1. The molecule has 0 atom stereocenters. The molecule has 0 bridgehead atoms. The van der Waals surface area contributed by atoms with E-state index in [1.807, 2.05) is 31.2 Å². The van der Waals surface area contributed by atoms with Crippen LogP contribution in [0, 0.1) is 12.8 Å². The number of nitrogens with one attached hydrogen (secondary N) is 1. The third-order valence-electron chi connectivity index (χ3n) is 4.56. The molecule has 1 aliphatic rings. The van der Waals surface area contributed by atoms with Crippen LogP contribution in [0.25, 0.3) is 21.5 Å². The van der Waals surface area contributed by atoms with Crippen molar-refractivity contribution in [2.75, 3.05) is 13.1 Å². The Morgan fingerprint density at radius 3 is 2.76 bits per heavy atom. The SMILES string of the molecule is Cc1nnc(-c2ccc3nnc(CC(=O)C4CCNCC4)cc3c2)s1. The summed E-state index contributed by atoms with van der Waals surface area (Å²) in [7, 11) is 0. The van der Waals surface area contributed by atoms with Gasteiger partial charge < -0.3 is 5.32 Å². The molecule has 3 aromatic rings. The van der Waals surface area contributed by atoms with Gasteiger partial charge in [-0.05, 0) is 57.1 Å². The highest BCUT2D eigenvalue weighted by atomic mass is 32.1. The smallest absolute Gasteiger partial charge is 0.147 e. The largest absolute Gasteiger partial charge is 0.317 e. The van der Waals surface area contributed by atoms with Crippen LogP contribution in [0.5, 0.6) is 0 Å². The van der Waals surface area contributed by atoms with Gasteiger partial charge >= 0.3 is 0 Å². The molecule has 0 amide bonds. The third-order valence-corrected chi connectivity index (χ3v) is 5.45. The topological polar surface area (TPSA) is 80.7 Å². The van der Waals surface area contributed by atoms with Gasteiger partial charge in [-0.2, -0.15) is 10.2 Å². The zero-order chi connectivity index (χ0) is 17.2. The van der Waals surface area contributed by atoms with Crippen molar-refractivity contribution in [2.45, 2.75) is 26.2 Å². The van der Waals surface area contributed by atoms with Gasteiger partial charge in [-0.1, -0.05) is 11.3 Å². The number of carbonyl (C=O) groups excluding carboxylic acids is 1. The van der Waals surface area contributed by atoms with Crippen LogP contribution in [0.15, 0.2) is 24.3 Å². The number of aromatic nitrogens is 4. The van der Waals surface area contributed by atoms with Gasteiger partial charge in [0.15, 0.2) is 0 Å². The Morgan fingerprint density at radius 2 is 2.00 bits per heavy atom. The Bertz CT molecular complexity index is 917. The van der Waals surface area contributed by atoms with Crippen molar-refractivity contribution in [3.63, 3.8) is 0 Å². The fourth-order valence-corrected chi connectivity index (χ4v) is 3.87. The summed E-state index contributed by atoms with van der Waals surface area (Å²) in [6.07, 6.45) is 2.19. The first-order valence-electron chi connectivity index (χ1n) is 8.49. The second-order valence-electron chi connectivity index (χ2n) is 6.40. The molecule has 0 spiro atoms. The summed E-state index contributed by atoms with van der Waals surface area (Å²) in [4.78, 5) is 12.5. The number of Topliss-reactive ketones (excluding diaryl/α,β-unsaturated/α-hetero) is 1. The minimum Gasteiger partial charge on any atom is -0.317 e. The number of benzene rings is 1. The summed E-state index contributed by atoms with van der Waals surface area (Å²) < 4.78 is 0. The van der Waals surface area contributed by atoms with E-state index in [1.54, 1.807) is 11.3 Å². The standard InChI is InChI=1S/C18H19N5OS/c1-11-20-23-18(25-11)13-2-3-16-14(8-13)9-15(21-22-16)10-17(24)12-4-6-19-7-5-12/h2-3,8-9,12,19H,4-7,10H2,1H3. The first-order chi connectivity index (χ1) is 12.2. The van der Waals surface area contributed by atoms with Crippen LogP contribution in [0.3, 0.4) is 0 Å². The van der Waals surface area contributed by atoms with Gasteiger partial charge in [-0.3, -0.25) is 4.79 Å². The molecule has 1 fully saturated rings. The van der Waals surface area contributed by atoms with Gasteiger partial charge in [0, 0.05) is 16.9 Å². The number of nitrogens with zero attached hydrogens (tertiary/aromatic N) is 4. The van der Waals surface area contributed by atoms with Crippen molar-refractivity contribution in [1.82, 2.24) is 25.7 Å². The Hall–Kier alpha value is -2.25. The van der Waals surface area contributed by atoms with E-state index in [2.05, 4.69) is 25.7 Å². The van der Waals surface area contributed by atoms with E-state index in [4.69, 9.17) is 0 Å². The molecule has 1 N–H and O–H groups in total. The van der Waals surface area contributed by atoms with Crippen LogP contribution in [-0.2, 0) is 11.2 Å². The lowest BCUT2D eigenvalue weighted by Gasteiger charge is -2.21. The first-order valence-corrected chi connectivity index (χ1v) is 9.31. The van der Waals surface area contributed by atoms with Crippen LogP contribution in [0.2, 0.25) is 0 Å². The van der Waals surface area contributed by atoms with E-state index < -0.39 is 0 Å². The maximum atomic E-state index is 12.5. The molecule has 25 heavy (non-hydrogen) atoms. The average molecular weight is 353 g/mol. The van der Waals surface area contributed by atoms with Gasteiger partial charge in [0.2, 0.25) is 0 Å². The fraction of sp³-hybridized carbons (Fsp3) is 0.389. The molecule has 7 heteroatoms. The summed E-state index contributed by atoms with van der Waals surface area (Å²) in [5.74, 6) is 0.417. The molecular weight excluding hydrogens is 334 g/mol. The Balaban J connectivity index is 1.59. The molecule has 128 valence electrons. The first kappa shape index (κ1) is 16.2. The van der Waals surface area contributed by atoms with E-state index in [0.29, 0.717) is 6.42 Å². The van der Waals surface area contributed by atoms with Crippen molar-refractivity contribution in [3.05, 3.63) is 35.0 Å². The lowest BCUT2D eigenvalue weighted by molar-refractivity contribution is -0.123. The van der Waals surface area contributed by atoms with Gasteiger partial charge in [-0.25, -0.2) is 0 Å². The second-order valence-corrected chi connectivity index (χ2v) is 7.58. The van der Waals surface area contributed by atoms with E-state index in [0.717, 1.165) is 58.1 Å². The monoisotopic (exact) mass is 353 g/mol. The predicted molar refractivity (Wildman–Crippen MR) is 97.5 cm³/mol. The average Bonchev–Trinajstić information content (AvgIpc) is 3.08. The fourth-order valence-electron chi connectivity index (χ4n) is 3.19. The number of ketones is 1. The number of hydrogen-bond acceptors (Lipinski definition) is 7. The van der Waals surface area contributed by atoms with Crippen molar-refractivity contribution < 1.29 is 4.79 Å². The molecule has 1 aromatic carbocycles. The van der Waals surface area contributed by atoms with Crippen molar-refractivity contribution >= 4 is 28.0 Å².